The van der Waals surface area contributed by atoms with E-state index in [-0.39, 0.29) is 12.2 Å². The Morgan fingerprint density at radius 2 is 2.06 bits per heavy atom. The number of carbonyl (C=O) groups excluding carboxylic acids is 1. The van der Waals surface area contributed by atoms with Crippen LogP contribution in [0.15, 0.2) is 24.3 Å². The van der Waals surface area contributed by atoms with Crippen LogP contribution in [-0.4, -0.2) is 25.7 Å². The van der Waals surface area contributed by atoms with Gasteiger partial charge in [-0.25, -0.2) is 8.42 Å². The van der Waals surface area contributed by atoms with Gasteiger partial charge in [0, 0.05) is 17.7 Å². The zero-order valence-electron chi connectivity index (χ0n) is 9.10. The summed E-state index contributed by atoms with van der Waals surface area (Å²) in [6.07, 6.45) is 1.16. The van der Waals surface area contributed by atoms with Crippen LogP contribution in [0.3, 0.4) is 0 Å². The van der Waals surface area contributed by atoms with Crippen LogP contribution in [0, 0.1) is 0 Å². The lowest BCUT2D eigenvalue weighted by Gasteiger charge is -2.08. The van der Waals surface area contributed by atoms with E-state index < -0.39 is 15.1 Å². The Morgan fingerprint density at radius 3 is 2.56 bits per heavy atom. The smallest absolute Gasteiger partial charge is 0.157 e. The summed E-state index contributed by atoms with van der Waals surface area (Å²) in [6, 6.07) is 6.85. The molecule has 16 heavy (non-hydrogen) atoms. The van der Waals surface area contributed by atoms with Crippen molar-refractivity contribution >= 4 is 27.2 Å². The van der Waals surface area contributed by atoms with Crippen molar-refractivity contribution in [2.75, 3.05) is 6.26 Å². The third kappa shape index (κ3) is 3.61. The zero-order valence-corrected chi connectivity index (χ0v) is 10.7. The molecule has 0 aliphatic heterocycles. The number of carbonyl (C=O) groups is 1. The highest BCUT2D eigenvalue weighted by Gasteiger charge is 2.23. The molecule has 1 aromatic carbocycles. The Hall–Kier alpha value is -0.870. The van der Waals surface area contributed by atoms with Crippen molar-refractivity contribution in [2.45, 2.75) is 18.6 Å². The van der Waals surface area contributed by atoms with Crippen LogP contribution in [0.4, 0.5) is 0 Å². The Balaban J connectivity index is 2.80. The van der Waals surface area contributed by atoms with Crippen LogP contribution in [0.25, 0.3) is 0 Å². The summed E-state index contributed by atoms with van der Waals surface area (Å²) in [5, 5.41) is -0.427. The van der Waals surface area contributed by atoms with Crippen molar-refractivity contribution < 1.29 is 13.2 Å². The Bertz CT molecular complexity index is 494. The lowest BCUT2D eigenvalue weighted by Crippen LogP contribution is -2.27. The fourth-order valence-corrected chi connectivity index (χ4v) is 2.00. The number of sulfone groups is 1. The normalized spacial score (nSPS) is 13.4. The molecule has 1 aromatic rings. The minimum absolute atomic E-state index is 0.0921. The first-order valence-electron chi connectivity index (χ1n) is 4.76. The van der Waals surface area contributed by atoms with Crippen LogP contribution >= 0.6 is 11.6 Å². The van der Waals surface area contributed by atoms with E-state index in [0.29, 0.717) is 5.02 Å². The van der Waals surface area contributed by atoms with Gasteiger partial charge in [0.05, 0.1) is 0 Å². The summed E-state index contributed by atoms with van der Waals surface area (Å²) in [6.45, 7) is 1.40. The van der Waals surface area contributed by atoms with Gasteiger partial charge in [-0.05, 0) is 24.6 Å². The first-order valence-corrected chi connectivity index (χ1v) is 7.10. The number of halogens is 1. The van der Waals surface area contributed by atoms with E-state index in [1.807, 2.05) is 0 Å². The Labute approximate surface area is 100 Å². The van der Waals surface area contributed by atoms with Gasteiger partial charge in [0.25, 0.3) is 0 Å². The minimum atomic E-state index is -3.31. The molecule has 0 N–H and O–H groups in total. The molecule has 0 radical (unpaired) electrons. The van der Waals surface area contributed by atoms with E-state index in [9.17, 15) is 13.2 Å². The van der Waals surface area contributed by atoms with Gasteiger partial charge in [-0.1, -0.05) is 23.7 Å². The SMILES string of the molecule is CC(C(=O)Cc1cccc(Cl)c1)S(C)(=O)=O. The van der Waals surface area contributed by atoms with Crippen molar-refractivity contribution in [2.24, 2.45) is 0 Å². The summed E-state index contributed by atoms with van der Waals surface area (Å²) >= 11 is 5.77. The lowest BCUT2D eigenvalue weighted by molar-refractivity contribution is -0.117. The number of hydrogen-bond acceptors (Lipinski definition) is 3. The van der Waals surface area contributed by atoms with Gasteiger partial charge >= 0.3 is 0 Å². The molecule has 0 saturated carbocycles. The van der Waals surface area contributed by atoms with Crippen molar-refractivity contribution in [1.82, 2.24) is 0 Å². The third-order valence-electron chi connectivity index (χ3n) is 2.36. The number of ketones is 1. The highest BCUT2D eigenvalue weighted by molar-refractivity contribution is 7.92. The molecule has 0 spiro atoms. The second-order valence-corrected chi connectivity index (χ2v) is 6.55. The summed E-state index contributed by atoms with van der Waals surface area (Å²) in [5.74, 6) is -0.315. The number of hydrogen-bond donors (Lipinski definition) is 0. The van der Waals surface area contributed by atoms with Gasteiger partial charge in [-0.15, -0.1) is 0 Å². The number of rotatable bonds is 4. The van der Waals surface area contributed by atoms with Gasteiger partial charge < -0.3 is 0 Å². The molecule has 1 atom stereocenters. The molecule has 0 aromatic heterocycles. The summed E-state index contributed by atoms with van der Waals surface area (Å²) in [5.41, 5.74) is 0.730. The summed E-state index contributed by atoms with van der Waals surface area (Å²) in [4.78, 5) is 11.6. The maximum absolute atomic E-state index is 11.6. The molecule has 88 valence electrons. The van der Waals surface area contributed by atoms with E-state index in [1.54, 1.807) is 24.3 Å². The van der Waals surface area contributed by atoms with Gasteiger partial charge in [-0.3, -0.25) is 4.79 Å². The van der Waals surface area contributed by atoms with Gasteiger partial charge in [0.2, 0.25) is 0 Å². The third-order valence-corrected chi connectivity index (χ3v) is 4.15. The van der Waals surface area contributed by atoms with Crippen LogP contribution < -0.4 is 0 Å². The van der Waals surface area contributed by atoms with E-state index in [1.165, 1.54) is 6.92 Å². The minimum Gasteiger partial charge on any atom is -0.298 e. The maximum atomic E-state index is 11.6. The number of benzene rings is 1. The summed E-state index contributed by atoms with van der Waals surface area (Å²) < 4.78 is 22.4. The van der Waals surface area contributed by atoms with Gasteiger partial charge in [0.1, 0.15) is 5.25 Å². The zero-order chi connectivity index (χ0) is 12.3. The highest BCUT2D eigenvalue weighted by atomic mass is 35.5. The molecule has 0 heterocycles. The first-order chi connectivity index (χ1) is 7.30. The largest absolute Gasteiger partial charge is 0.298 e. The van der Waals surface area contributed by atoms with E-state index >= 15 is 0 Å². The second-order valence-electron chi connectivity index (χ2n) is 3.74. The molecule has 5 heteroatoms. The molecule has 0 amide bonds. The molecule has 0 fully saturated rings. The predicted molar refractivity (Wildman–Crippen MR) is 64.5 cm³/mol. The monoisotopic (exact) mass is 260 g/mol. The molecule has 0 bridgehead atoms. The van der Waals surface area contributed by atoms with Crippen LogP contribution in [0.5, 0.6) is 0 Å². The molecule has 0 saturated heterocycles. The molecule has 0 aliphatic rings. The molecular weight excluding hydrogens is 248 g/mol. The number of Topliss-reactive ketones (excluding diaryl/α,β-unsaturated/α-hetero) is 1. The fraction of sp³-hybridized carbons (Fsp3) is 0.364. The molecule has 1 rings (SSSR count). The Morgan fingerprint density at radius 1 is 1.44 bits per heavy atom. The van der Waals surface area contributed by atoms with E-state index in [4.69, 9.17) is 11.6 Å². The lowest BCUT2D eigenvalue weighted by atomic mass is 10.1. The predicted octanol–water partition coefficient (Wildman–Crippen LogP) is 1.88. The van der Waals surface area contributed by atoms with Crippen molar-refractivity contribution in [3.8, 4) is 0 Å². The Kier molecular flexibility index (Phi) is 4.10. The average Bonchev–Trinajstić information content (AvgIpc) is 2.15. The molecule has 0 aliphatic carbocycles. The maximum Gasteiger partial charge on any atom is 0.157 e. The highest BCUT2D eigenvalue weighted by Crippen LogP contribution is 2.13. The van der Waals surface area contributed by atoms with Crippen LogP contribution in [0.2, 0.25) is 5.02 Å². The molecule has 3 nitrogen and oxygen atoms in total. The van der Waals surface area contributed by atoms with E-state index in [2.05, 4.69) is 0 Å². The summed E-state index contributed by atoms with van der Waals surface area (Å²) in [7, 11) is -3.31. The second kappa shape index (κ2) is 4.97. The standard InChI is InChI=1S/C11H13ClO3S/c1-8(16(2,14)15)11(13)7-9-4-3-5-10(12)6-9/h3-6,8H,7H2,1-2H3. The van der Waals surface area contributed by atoms with Crippen LogP contribution in [-0.2, 0) is 21.1 Å². The molecule has 1 unspecified atom stereocenters. The quantitative estimate of drug-likeness (QED) is 0.831. The average molecular weight is 261 g/mol. The van der Waals surface area contributed by atoms with Crippen LogP contribution in [0.1, 0.15) is 12.5 Å². The van der Waals surface area contributed by atoms with Gasteiger partial charge in [0.15, 0.2) is 15.6 Å². The van der Waals surface area contributed by atoms with E-state index in [0.717, 1.165) is 11.8 Å². The topological polar surface area (TPSA) is 51.2 Å². The van der Waals surface area contributed by atoms with Crippen molar-refractivity contribution in [1.29, 1.82) is 0 Å². The first kappa shape index (κ1) is 13.2. The molecular formula is C11H13ClO3S. The fourth-order valence-electron chi connectivity index (χ4n) is 1.23. The van der Waals surface area contributed by atoms with Crippen molar-refractivity contribution in [3.63, 3.8) is 0 Å². The van der Waals surface area contributed by atoms with Crippen molar-refractivity contribution in [3.05, 3.63) is 34.9 Å². The van der Waals surface area contributed by atoms with Gasteiger partial charge in [-0.2, -0.15) is 0 Å².